The molecule has 0 saturated carbocycles. The summed E-state index contributed by atoms with van der Waals surface area (Å²) in [4.78, 5) is 16.7. The third-order valence-corrected chi connectivity index (χ3v) is 3.89. The van der Waals surface area contributed by atoms with Crippen molar-refractivity contribution in [2.75, 3.05) is 7.05 Å². The van der Waals surface area contributed by atoms with Crippen LogP contribution in [0.4, 0.5) is 0 Å². The SMILES string of the molecule is CCC(C(=NC)C1=C(N)CCCC1=O)c1ccccc1. The summed E-state index contributed by atoms with van der Waals surface area (Å²) < 4.78 is 0. The number of rotatable bonds is 4. The molecule has 3 nitrogen and oxygen atoms in total. The Kier molecular flexibility index (Phi) is 4.72. The molecule has 0 fully saturated rings. The Labute approximate surface area is 120 Å². The molecule has 0 heterocycles. The summed E-state index contributed by atoms with van der Waals surface area (Å²) in [7, 11) is 1.75. The molecular weight excluding hydrogens is 248 g/mol. The fourth-order valence-corrected chi connectivity index (χ4v) is 2.89. The lowest BCUT2D eigenvalue weighted by atomic mass is 9.82. The maximum Gasteiger partial charge on any atom is 0.166 e. The van der Waals surface area contributed by atoms with Gasteiger partial charge in [0.15, 0.2) is 5.78 Å². The number of hydrogen-bond acceptors (Lipinski definition) is 3. The molecule has 0 aromatic heterocycles. The van der Waals surface area contributed by atoms with Gasteiger partial charge in [0.25, 0.3) is 0 Å². The van der Waals surface area contributed by atoms with E-state index in [1.807, 2.05) is 18.2 Å². The highest BCUT2D eigenvalue weighted by molar-refractivity contribution is 6.25. The Bertz CT molecular complexity index is 543. The molecule has 2 N–H and O–H groups in total. The number of nitrogens with zero attached hydrogens (tertiary/aromatic N) is 1. The predicted molar refractivity (Wildman–Crippen MR) is 82.9 cm³/mol. The zero-order chi connectivity index (χ0) is 14.5. The minimum atomic E-state index is 0.136. The van der Waals surface area contributed by atoms with Gasteiger partial charge in [-0.1, -0.05) is 37.3 Å². The Morgan fingerprint density at radius 1 is 1.30 bits per heavy atom. The molecular formula is C17H22N2O. The van der Waals surface area contributed by atoms with Crippen molar-refractivity contribution in [1.29, 1.82) is 0 Å². The van der Waals surface area contributed by atoms with Gasteiger partial charge in [-0.2, -0.15) is 0 Å². The average Bonchev–Trinajstić information content (AvgIpc) is 2.47. The van der Waals surface area contributed by atoms with Crippen molar-refractivity contribution in [3.63, 3.8) is 0 Å². The molecule has 2 rings (SSSR count). The molecule has 1 aliphatic rings. The summed E-state index contributed by atoms with van der Waals surface area (Å²) in [5.74, 6) is 0.278. The van der Waals surface area contributed by atoms with Crippen molar-refractivity contribution in [1.82, 2.24) is 0 Å². The Morgan fingerprint density at radius 3 is 2.55 bits per heavy atom. The summed E-state index contributed by atoms with van der Waals surface area (Å²) >= 11 is 0. The number of allylic oxidation sites excluding steroid dienone is 2. The number of Topliss-reactive ketones (excluding diaryl/α,β-unsaturated/α-hetero) is 1. The first-order valence-electron chi connectivity index (χ1n) is 7.22. The second-order valence-corrected chi connectivity index (χ2v) is 5.16. The van der Waals surface area contributed by atoms with Crippen LogP contribution in [0.5, 0.6) is 0 Å². The lowest BCUT2D eigenvalue weighted by Gasteiger charge is -2.24. The number of carbonyl (C=O) groups is 1. The monoisotopic (exact) mass is 270 g/mol. The lowest BCUT2D eigenvalue weighted by molar-refractivity contribution is -0.115. The number of aliphatic imine (C=N–C) groups is 1. The molecule has 0 saturated heterocycles. The molecule has 0 aliphatic heterocycles. The van der Waals surface area contributed by atoms with Crippen LogP contribution in [0.25, 0.3) is 0 Å². The maximum absolute atomic E-state index is 12.2. The first kappa shape index (κ1) is 14.5. The Balaban J connectivity index is 2.44. The van der Waals surface area contributed by atoms with E-state index in [2.05, 4.69) is 24.0 Å². The van der Waals surface area contributed by atoms with Crippen molar-refractivity contribution in [2.24, 2.45) is 10.7 Å². The molecule has 1 aromatic carbocycles. The average molecular weight is 270 g/mol. The smallest absolute Gasteiger partial charge is 0.166 e. The molecule has 0 spiro atoms. The van der Waals surface area contributed by atoms with Crippen LogP contribution in [0.2, 0.25) is 0 Å². The highest BCUT2D eigenvalue weighted by Gasteiger charge is 2.28. The molecule has 0 amide bonds. The number of nitrogens with two attached hydrogens (primary N) is 1. The minimum Gasteiger partial charge on any atom is -0.401 e. The van der Waals surface area contributed by atoms with Gasteiger partial charge in [-0.3, -0.25) is 9.79 Å². The Hall–Kier alpha value is -1.90. The van der Waals surface area contributed by atoms with Crippen LogP contribution in [-0.2, 0) is 4.79 Å². The van der Waals surface area contributed by atoms with E-state index < -0.39 is 0 Å². The van der Waals surface area contributed by atoms with E-state index in [1.54, 1.807) is 7.05 Å². The summed E-state index contributed by atoms with van der Waals surface area (Å²) in [6.45, 7) is 2.12. The largest absolute Gasteiger partial charge is 0.401 e. The zero-order valence-corrected chi connectivity index (χ0v) is 12.2. The highest BCUT2D eigenvalue weighted by atomic mass is 16.1. The van der Waals surface area contributed by atoms with E-state index in [9.17, 15) is 4.79 Å². The van der Waals surface area contributed by atoms with E-state index in [1.165, 1.54) is 5.56 Å². The topological polar surface area (TPSA) is 55.4 Å². The quantitative estimate of drug-likeness (QED) is 0.854. The van der Waals surface area contributed by atoms with E-state index in [4.69, 9.17) is 5.73 Å². The molecule has 0 bridgehead atoms. The van der Waals surface area contributed by atoms with Crippen molar-refractivity contribution >= 4 is 11.5 Å². The molecule has 1 aromatic rings. The van der Waals surface area contributed by atoms with Crippen LogP contribution in [0, 0.1) is 0 Å². The number of ketones is 1. The van der Waals surface area contributed by atoms with Crippen molar-refractivity contribution in [2.45, 2.75) is 38.5 Å². The van der Waals surface area contributed by atoms with Crippen LogP contribution in [0.15, 0.2) is 46.6 Å². The van der Waals surface area contributed by atoms with Crippen molar-refractivity contribution in [3.8, 4) is 0 Å². The third kappa shape index (κ3) is 2.82. The van der Waals surface area contributed by atoms with Crippen LogP contribution in [-0.4, -0.2) is 18.5 Å². The number of benzene rings is 1. The van der Waals surface area contributed by atoms with Gasteiger partial charge in [0, 0.05) is 25.1 Å². The van der Waals surface area contributed by atoms with Crippen LogP contribution in [0.3, 0.4) is 0 Å². The summed E-state index contributed by atoms with van der Waals surface area (Å²) in [6, 6.07) is 10.2. The second kappa shape index (κ2) is 6.51. The van der Waals surface area contributed by atoms with Crippen LogP contribution in [0.1, 0.15) is 44.1 Å². The first-order chi connectivity index (χ1) is 9.69. The fourth-order valence-electron chi connectivity index (χ4n) is 2.89. The molecule has 1 aliphatic carbocycles. The normalized spacial score (nSPS) is 18.3. The first-order valence-corrected chi connectivity index (χ1v) is 7.22. The molecule has 106 valence electrons. The summed E-state index contributed by atoms with van der Waals surface area (Å²) in [6.07, 6.45) is 3.14. The zero-order valence-electron chi connectivity index (χ0n) is 12.2. The van der Waals surface area contributed by atoms with Gasteiger partial charge < -0.3 is 5.73 Å². The second-order valence-electron chi connectivity index (χ2n) is 5.16. The maximum atomic E-state index is 12.2. The number of hydrogen-bond donors (Lipinski definition) is 1. The van der Waals surface area contributed by atoms with Gasteiger partial charge in [-0.25, -0.2) is 0 Å². The van der Waals surface area contributed by atoms with Gasteiger partial charge in [0.2, 0.25) is 0 Å². The summed E-state index contributed by atoms with van der Waals surface area (Å²) in [5, 5.41) is 0. The molecule has 20 heavy (non-hydrogen) atoms. The van der Waals surface area contributed by atoms with Crippen LogP contribution < -0.4 is 5.73 Å². The van der Waals surface area contributed by atoms with E-state index in [0.29, 0.717) is 17.7 Å². The predicted octanol–water partition coefficient (Wildman–Crippen LogP) is 3.22. The minimum absolute atomic E-state index is 0.136. The van der Waals surface area contributed by atoms with Gasteiger partial charge in [0.05, 0.1) is 11.3 Å². The van der Waals surface area contributed by atoms with Crippen molar-refractivity contribution < 1.29 is 4.79 Å². The van der Waals surface area contributed by atoms with Crippen molar-refractivity contribution in [3.05, 3.63) is 47.2 Å². The molecule has 3 heteroatoms. The van der Waals surface area contributed by atoms with E-state index >= 15 is 0 Å². The molecule has 0 radical (unpaired) electrons. The molecule has 1 atom stereocenters. The van der Waals surface area contributed by atoms with Gasteiger partial charge in [-0.15, -0.1) is 0 Å². The highest BCUT2D eigenvalue weighted by Crippen LogP contribution is 2.29. The van der Waals surface area contributed by atoms with Gasteiger partial charge >= 0.3 is 0 Å². The summed E-state index contributed by atoms with van der Waals surface area (Å²) in [5.41, 5.74) is 9.51. The Morgan fingerprint density at radius 2 is 2.00 bits per heavy atom. The van der Waals surface area contributed by atoms with E-state index in [0.717, 1.165) is 25.0 Å². The van der Waals surface area contributed by atoms with Gasteiger partial charge in [0.1, 0.15) is 0 Å². The lowest BCUT2D eigenvalue weighted by Crippen LogP contribution is -2.27. The van der Waals surface area contributed by atoms with E-state index in [-0.39, 0.29) is 11.7 Å². The number of carbonyl (C=O) groups excluding carboxylic acids is 1. The fraction of sp³-hybridized carbons (Fsp3) is 0.412. The van der Waals surface area contributed by atoms with Gasteiger partial charge in [-0.05, 0) is 24.8 Å². The standard InChI is InChI=1S/C17H22N2O/c1-3-13(12-8-5-4-6-9-12)17(19-2)16-14(18)10-7-11-15(16)20/h4-6,8-9,13H,3,7,10-11,18H2,1-2H3. The third-order valence-electron chi connectivity index (χ3n) is 3.89. The molecule has 1 unspecified atom stereocenters. The van der Waals surface area contributed by atoms with Crippen LogP contribution >= 0.6 is 0 Å².